The van der Waals surface area contributed by atoms with Gasteiger partial charge in [-0.25, -0.2) is 0 Å². The number of hydrogen-bond donors (Lipinski definition) is 2. The van der Waals surface area contributed by atoms with Crippen molar-refractivity contribution in [3.05, 3.63) is 122 Å². The zero-order valence-electron chi connectivity index (χ0n) is 20.3. The number of hydrogen-bond acceptors (Lipinski definition) is 4. The number of carbonyl (C=O) groups excluding carboxylic acids is 4. The van der Waals surface area contributed by atoms with Crippen LogP contribution in [0.4, 0.5) is 11.4 Å². The summed E-state index contributed by atoms with van der Waals surface area (Å²) in [6.45, 7) is 0. The monoisotopic (exact) mass is 718 g/mol. The molecule has 2 amide bonds. The van der Waals surface area contributed by atoms with Crippen LogP contribution in [-0.2, 0) is 0 Å². The molecule has 4 aromatic rings. The fourth-order valence-electron chi connectivity index (χ4n) is 4.36. The third-order valence-corrected chi connectivity index (χ3v) is 9.40. The molecule has 4 aromatic carbocycles. The van der Waals surface area contributed by atoms with Crippen LogP contribution in [0.1, 0.15) is 52.6 Å². The van der Waals surface area contributed by atoms with Crippen LogP contribution in [0.2, 0.25) is 40.2 Å². The molecule has 0 bridgehead atoms. The van der Waals surface area contributed by atoms with Gasteiger partial charge in [0, 0.05) is 11.1 Å². The van der Waals surface area contributed by atoms with Gasteiger partial charge in [0.15, 0.2) is 11.6 Å². The van der Waals surface area contributed by atoms with Gasteiger partial charge in [-0.15, -0.1) is 0 Å². The Morgan fingerprint density at radius 1 is 0.500 bits per heavy atom. The van der Waals surface area contributed by atoms with E-state index in [0.717, 1.165) is 0 Å². The first-order valence-corrected chi connectivity index (χ1v) is 14.5. The molecule has 0 heterocycles. The summed E-state index contributed by atoms with van der Waals surface area (Å²) in [6, 6.07) is 11.2. The molecular formula is C28H10Cl8N2O4. The fraction of sp³-hybridized carbons (Fsp3) is 0. The van der Waals surface area contributed by atoms with Crippen molar-refractivity contribution in [1.82, 2.24) is 0 Å². The Labute approximate surface area is 277 Å². The van der Waals surface area contributed by atoms with Gasteiger partial charge in [0.25, 0.3) is 11.8 Å². The van der Waals surface area contributed by atoms with E-state index in [9.17, 15) is 19.2 Å². The highest BCUT2D eigenvalue weighted by molar-refractivity contribution is 6.51. The number of amides is 2. The maximum atomic E-state index is 13.8. The lowest BCUT2D eigenvalue weighted by Crippen LogP contribution is -2.26. The Hall–Kier alpha value is -2.52. The second kappa shape index (κ2) is 11.9. The summed E-state index contributed by atoms with van der Waals surface area (Å²) >= 11 is 49.1. The summed E-state index contributed by atoms with van der Waals surface area (Å²) in [6.07, 6.45) is 0. The average Bonchev–Trinajstić information content (AvgIpc) is 2.94. The van der Waals surface area contributed by atoms with E-state index >= 15 is 0 Å². The normalized spacial score (nSPS) is 12.1. The van der Waals surface area contributed by atoms with Gasteiger partial charge in [0.05, 0.1) is 73.8 Å². The number of nitrogens with one attached hydrogen (secondary N) is 2. The quantitative estimate of drug-likeness (QED) is 0.181. The molecular weight excluding hydrogens is 712 g/mol. The van der Waals surface area contributed by atoms with Crippen molar-refractivity contribution in [2.75, 3.05) is 10.6 Å². The highest BCUT2D eigenvalue weighted by Gasteiger charge is 2.35. The van der Waals surface area contributed by atoms with Crippen LogP contribution in [0, 0.1) is 0 Å². The van der Waals surface area contributed by atoms with E-state index < -0.39 is 23.4 Å². The van der Waals surface area contributed by atoms with Crippen LogP contribution in [0.15, 0.2) is 48.5 Å². The maximum absolute atomic E-state index is 13.8. The zero-order chi connectivity index (χ0) is 30.6. The molecule has 5 rings (SSSR count). The SMILES string of the molecule is O=C1c2cccc(NC(=O)c3c(Cl)c(Cl)cc(Cl)c3Cl)c2C(=O)c2cccc(NC(=O)c3c(Cl)c(Cl)cc(Cl)c3Cl)c21. The predicted octanol–water partition coefficient (Wildman–Crippen LogP) is 10.2. The minimum Gasteiger partial charge on any atom is -0.321 e. The molecule has 0 saturated carbocycles. The largest absolute Gasteiger partial charge is 0.321 e. The molecule has 1 aliphatic rings. The summed E-state index contributed by atoms with van der Waals surface area (Å²) < 4.78 is 0. The number of fused-ring (bicyclic) bond motifs is 2. The van der Waals surface area contributed by atoms with Crippen molar-refractivity contribution >= 4 is 128 Å². The number of ketones is 2. The molecule has 0 radical (unpaired) electrons. The third kappa shape index (κ3) is 5.25. The van der Waals surface area contributed by atoms with Crippen molar-refractivity contribution in [2.24, 2.45) is 0 Å². The van der Waals surface area contributed by atoms with Crippen LogP contribution < -0.4 is 10.6 Å². The lowest BCUT2D eigenvalue weighted by molar-refractivity contribution is 0.0977. The number of halogens is 8. The van der Waals surface area contributed by atoms with Crippen molar-refractivity contribution in [3.63, 3.8) is 0 Å². The van der Waals surface area contributed by atoms with E-state index in [4.69, 9.17) is 92.8 Å². The van der Waals surface area contributed by atoms with Gasteiger partial charge < -0.3 is 10.6 Å². The first-order chi connectivity index (χ1) is 19.8. The number of carbonyl (C=O) groups is 4. The smallest absolute Gasteiger partial charge is 0.258 e. The van der Waals surface area contributed by atoms with Gasteiger partial charge in [-0.1, -0.05) is 117 Å². The standard InChI is InChI=1S/C28H10Cl8N2O4/c29-11-7-12(30)22(34)19(21(11)33)27(41)37-15-5-1-3-9-17(15)26(40)10-4-2-6-16(18(10)25(9)39)38-28(42)20-23(35)13(31)8-14(32)24(20)36/h1-8H,(H,37,41)(H,38,42). The molecule has 42 heavy (non-hydrogen) atoms. The van der Waals surface area contributed by atoms with Crippen LogP contribution in [0.25, 0.3) is 0 Å². The molecule has 212 valence electrons. The van der Waals surface area contributed by atoms with Gasteiger partial charge in [-0.05, 0) is 24.3 Å². The van der Waals surface area contributed by atoms with E-state index in [0.29, 0.717) is 0 Å². The number of anilines is 2. The van der Waals surface area contributed by atoms with Gasteiger partial charge in [-0.3, -0.25) is 19.2 Å². The minimum atomic E-state index is -0.816. The Morgan fingerprint density at radius 2 is 0.810 bits per heavy atom. The van der Waals surface area contributed by atoms with Crippen LogP contribution in [0.5, 0.6) is 0 Å². The third-order valence-electron chi connectivity index (χ3n) is 6.25. The number of benzene rings is 4. The Balaban J connectivity index is 1.54. The van der Waals surface area contributed by atoms with E-state index in [2.05, 4.69) is 10.6 Å². The summed E-state index contributed by atoms with van der Waals surface area (Å²) in [4.78, 5) is 53.9. The fourth-order valence-corrected chi connectivity index (χ4v) is 6.33. The van der Waals surface area contributed by atoms with Crippen molar-refractivity contribution in [1.29, 1.82) is 0 Å². The molecule has 1 aliphatic carbocycles. The second-order valence-corrected chi connectivity index (χ2v) is 11.8. The predicted molar refractivity (Wildman–Crippen MR) is 169 cm³/mol. The highest BCUT2D eigenvalue weighted by Crippen LogP contribution is 2.41. The molecule has 0 atom stereocenters. The van der Waals surface area contributed by atoms with Gasteiger partial charge >= 0.3 is 0 Å². The van der Waals surface area contributed by atoms with E-state index in [-0.39, 0.29) is 84.9 Å². The minimum absolute atomic E-state index is 0.00584. The molecule has 0 aliphatic heterocycles. The topological polar surface area (TPSA) is 92.3 Å². The molecule has 2 N–H and O–H groups in total. The van der Waals surface area contributed by atoms with E-state index in [1.165, 1.54) is 48.5 Å². The number of rotatable bonds is 4. The van der Waals surface area contributed by atoms with Crippen molar-refractivity contribution in [3.8, 4) is 0 Å². The molecule has 14 heteroatoms. The first kappa shape index (κ1) is 30.9. The van der Waals surface area contributed by atoms with Crippen LogP contribution >= 0.6 is 92.8 Å². The Bertz CT molecular complexity index is 1720. The van der Waals surface area contributed by atoms with Crippen LogP contribution in [-0.4, -0.2) is 23.4 Å². The van der Waals surface area contributed by atoms with Gasteiger partial charge in [-0.2, -0.15) is 0 Å². The molecule has 0 saturated heterocycles. The lowest BCUT2D eigenvalue weighted by Gasteiger charge is -2.23. The van der Waals surface area contributed by atoms with Gasteiger partial charge in [0.2, 0.25) is 0 Å². The summed E-state index contributed by atoms with van der Waals surface area (Å²) in [7, 11) is 0. The van der Waals surface area contributed by atoms with Gasteiger partial charge in [0.1, 0.15) is 0 Å². The highest BCUT2D eigenvalue weighted by atomic mass is 35.5. The zero-order valence-corrected chi connectivity index (χ0v) is 26.3. The van der Waals surface area contributed by atoms with E-state index in [1.807, 2.05) is 0 Å². The second-order valence-electron chi connectivity index (χ2n) is 8.71. The molecule has 6 nitrogen and oxygen atoms in total. The lowest BCUT2D eigenvalue weighted by atomic mass is 9.82. The average molecular weight is 722 g/mol. The van der Waals surface area contributed by atoms with Crippen molar-refractivity contribution in [2.45, 2.75) is 0 Å². The molecule has 0 spiro atoms. The Kier molecular flexibility index (Phi) is 8.74. The summed E-state index contributed by atoms with van der Waals surface area (Å²) in [5, 5.41) is 4.50. The van der Waals surface area contributed by atoms with Crippen molar-refractivity contribution < 1.29 is 19.2 Å². The first-order valence-electron chi connectivity index (χ1n) is 11.5. The summed E-state index contributed by atoms with van der Waals surface area (Å²) in [5.41, 5.74) is -0.651. The molecule has 0 aromatic heterocycles. The molecule has 0 unspecified atom stereocenters. The molecule has 0 fully saturated rings. The van der Waals surface area contributed by atoms with Crippen LogP contribution in [0.3, 0.4) is 0 Å². The summed E-state index contributed by atoms with van der Waals surface area (Å²) in [5.74, 6) is -2.84. The maximum Gasteiger partial charge on any atom is 0.258 e. The Morgan fingerprint density at radius 3 is 1.12 bits per heavy atom. The van der Waals surface area contributed by atoms with E-state index in [1.54, 1.807) is 0 Å².